The van der Waals surface area contributed by atoms with Crippen LogP contribution >= 0.6 is 34.8 Å². The summed E-state index contributed by atoms with van der Waals surface area (Å²) in [5.74, 6) is 0.244. The summed E-state index contributed by atoms with van der Waals surface area (Å²) in [6, 6.07) is 0. The SMILES string of the molecule is CCCCCCCC(Cl)C(C(Cl)CCCCCCC)C(Cl)CCCCCCC. The van der Waals surface area contributed by atoms with Gasteiger partial charge in [-0.15, -0.1) is 34.8 Å². The second-order valence-corrected chi connectivity index (χ2v) is 10.4. The second-order valence-electron chi connectivity index (χ2n) is 8.73. The molecule has 3 heteroatoms. The zero-order valence-electron chi connectivity index (χ0n) is 19.2. The zero-order valence-corrected chi connectivity index (χ0v) is 21.4. The average Bonchev–Trinajstić information content (AvgIpc) is 2.67. The fraction of sp³-hybridized carbons (Fsp3) is 1.00. The average molecular weight is 456 g/mol. The van der Waals surface area contributed by atoms with Gasteiger partial charge in [0.25, 0.3) is 0 Å². The van der Waals surface area contributed by atoms with Gasteiger partial charge in [-0.2, -0.15) is 0 Å². The Bertz CT molecular complexity index is 261. The van der Waals surface area contributed by atoms with E-state index in [1.807, 2.05) is 0 Å². The van der Waals surface area contributed by atoms with E-state index in [4.69, 9.17) is 34.8 Å². The van der Waals surface area contributed by atoms with E-state index in [1.165, 1.54) is 96.3 Å². The van der Waals surface area contributed by atoms with Crippen LogP contribution in [-0.4, -0.2) is 16.1 Å². The van der Waals surface area contributed by atoms with Gasteiger partial charge in [-0.3, -0.25) is 0 Å². The first-order chi connectivity index (χ1) is 13.6. The Labute approximate surface area is 192 Å². The van der Waals surface area contributed by atoms with Crippen LogP contribution in [0.4, 0.5) is 0 Å². The maximum absolute atomic E-state index is 6.91. The van der Waals surface area contributed by atoms with Gasteiger partial charge in [-0.1, -0.05) is 117 Å². The smallest absolute Gasteiger partial charge is 0.0392 e. The van der Waals surface area contributed by atoms with E-state index >= 15 is 0 Å². The molecule has 0 saturated carbocycles. The Morgan fingerprint density at radius 1 is 0.393 bits per heavy atom. The van der Waals surface area contributed by atoms with Crippen molar-refractivity contribution in [2.75, 3.05) is 0 Å². The van der Waals surface area contributed by atoms with Gasteiger partial charge in [0.15, 0.2) is 0 Å². The minimum atomic E-state index is 0.123. The molecule has 0 aromatic rings. The van der Waals surface area contributed by atoms with Crippen LogP contribution in [0.3, 0.4) is 0 Å². The van der Waals surface area contributed by atoms with Gasteiger partial charge in [-0.25, -0.2) is 0 Å². The summed E-state index contributed by atoms with van der Waals surface area (Å²) in [4.78, 5) is 0. The molecule has 0 N–H and O–H groups in total. The number of unbranched alkanes of at least 4 members (excludes halogenated alkanes) is 12. The predicted octanol–water partition coefficient (Wildman–Crippen LogP) is 10.5. The van der Waals surface area contributed by atoms with Crippen LogP contribution in [0.1, 0.15) is 136 Å². The van der Waals surface area contributed by atoms with E-state index < -0.39 is 0 Å². The van der Waals surface area contributed by atoms with Gasteiger partial charge in [0.1, 0.15) is 0 Å². The van der Waals surface area contributed by atoms with Crippen molar-refractivity contribution in [3.8, 4) is 0 Å². The molecule has 0 heterocycles. The molecule has 3 unspecified atom stereocenters. The van der Waals surface area contributed by atoms with Crippen molar-refractivity contribution in [1.82, 2.24) is 0 Å². The fourth-order valence-corrected chi connectivity index (χ4v) is 5.83. The first kappa shape index (κ1) is 28.9. The van der Waals surface area contributed by atoms with Crippen LogP contribution in [0.15, 0.2) is 0 Å². The summed E-state index contributed by atoms with van der Waals surface area (Å²) < 4.78 is 0. The lowest BCUT2D eigenvalue weighted by molar-refractivity contribution is 0.383. The van der Waals surface area contributed by atoms with Crippen LogP contribution in [0.5, 0.6) is 0 Å². The molecular formula is C25H49Cl3. The first-order valence-corrected chi connectivity index (χ1v) is 13.8. The third-order valence-corrected chi connectivity index (χ3v) is 7.53. The third-order valence-electron chi connectivity index (χ3n) is 6.00. The van der Waals surface area contributed by atoms with Crippen molar-refractivity contribution in [3.63, 3.8) is 0 Å². The van der Waals surface area contributed by atoms with Crippen molar-refractivity contribution < 1.29 is 0 Å². The Balaban J connectivity index is 4.48. The summed E-state index contributed by atoms with van der Waals surface area (Å²) in [6.07, 6.45) is 22.6. The van der Waals surface area contributed by atoms with Crippen LogP contribution < -0.4 is 0 Å². The molecule has 0 saturated heterocycles. The zero-order chi connectivity index (χ0) is 21.0. The van der Waals surface area contributed by atoms with Gasteiger partial charge in [0, 0.05) is 22.0 Å². The Hall–Kier alpha value is 0.870. The molecule has 28 heavy (non-hydrogen) atoms. The molecule has 3 atom stereocenters. The molecule has 0 radical (unpaired) electrons. The summed E-state index contributed by atoms with van der Waals surface area (Å²) in [5, 5.41) is 0.369. The van der Waals surface area contributed by atoms with Crippen LogP contribution in [0.25, 0.3) is 0 Å². The number of rotatable bonds is 21. The minimum absolute atomic E-state index is 0.123. The molecule has 0 amide bonds. The molecule has 0 aromatic heterocycles. The number of hydrogen-bond acceptors (Lipinski definition) is 0. The highest BCUT2D eigenvalue weighted by molar-refractivity contribution is 6.27. The highest BCUT2D eigenvalue weighted by Gasteiger charge is 2.32. The van der Waals surface area contributed by atoms with Crippen molar-refractivity contribution in [3.05, 3.63) is 0 Å². The van der Waals surface area contributed by atoms with Crippen molar-refractivity contribution in [2.45, 2.75) is 152 Å². The number of hydrogen-bond donors (Lipinski definition) is 0. The van der Waals surface area contributed by atoms with Gasteiger partial charge >= 0.3 is 0 Å². The monoisotopic (exact) mass is 454 g/mol. The number of alkyl halides is 3. The fourth-order valence-electron chi connectivity index (χ4n) is 4.09. The summed E-state index contributed by atoms with van der Waals surface area (Å²) in [7, 11) is 0. The van der Waals surface area contributed by atoms with E-state index in [1.54, 1.807) is 0 Å². The van der Waals surface area contributed by atoms with Gasteiger partial charge in [-0.05, 0) is 19.3 Å². The molecule has 0 aliphatic rings. The van der Waals surface area contributed by atoms with E-state index in [9.17, 15) is 0 Å². The lowest BCUT2D eigenvalue weighted by Gasteiger charge is -2.31. The highest BCUT2D eigenvalue weighted by Crippen LogP contribution is 2.35. The third kappa shape index (κ3) is 15.7. The standard InChI is InChI=1S/C25H49Cl3/c1-4-7-10-13-16-19-22(26)25(23(27)20-17-14-11-8-5-2)24(28)21-18-15-12-9-6-3/h22-25H,4-21H2,1-3H3. The minimum Gasteiger partial charge on any atom is -0.123 e. The first-order valence-electron chi connectivity index (χ1n) is 12.5. The largest absolute Gasteiger partial charge is 0.123 e. The maximum Gasteiger partial charge on any atom is 0.0392 e. The molecule has 0 fully saturated rings. The normalized spacial score (nSPS) is 16.1. The predicted molar refractivity (Wildman–Crippen MR) is 133 cm³/mol. The number of halogens is 3. The molecular weight excluding hydrogens is 407 g/mol. The van der Waals surface area contributed by atoms with Crippen molar-refractivity contribution >= 4 is 34.8 Å². The summed E-state index contributed by atoms with van der Waals surface area (Å²) in [6.45, 7) is 6.78. The van der Waals surface area contributed by atoms with E-state index in [0.717, 1.165) is 19.3 Å². The summed E-state index contributed by atoms with van der Waals surface area (Å²) in [5.41, 5.74) is 0. The Kier molecular flexibility index (Phi) is 21.8. The van der Waals surface area contributed by atoms with Crippen LogP contribution in [0.2, 0.25) is 0 Å². The molecule has 170 valence electrons. The van der Waals surface area contributed by atoms with E-state index in [0.29, 0.717) is 0 Å². The quantitative estimate of drug-likeness (QED) is 0.119. The van der Waals surface area contributed by atoms with Gasteiger partial charge in [0.2, 0.25) is 0 Å². The Morgan fingerprint density at radius 3 is 0.893 bits per heavy atom. The van der Waals surface area contributed by atoms with Crippen LogP contribution in [-0.2, 0) is 0 Å². The van der Waals surface area contributed by atoms with Crippen molar-refractivity contribution in [2.24, 2.45) is 5.92 Å². The van der Waals surface area contributed by atoms with E-state index in [-0.39, 0.29) is 22.0 Å². The lowest BCUT2D eigenvalue weighted by Crippen LogP contribution is -2.33. The molecule has 0 aliphatic carbocycles. The topological polar surface area (TPSA) is 0 Å². The molecule has 0 spiro atoms. The summed E-state index contributed by atoms with van der Waals surface area (Å²) >= 11 is 20.7. The lowest BCUT2D eigenvalue weighted by atomic mass is 9.88. The van der Waals surface area contributed by atoms with Crippen molar-refractivity contribution in [1.29, 1.82) is 0 Å². The van der Waals surface area contributed by atoms with Crippen LogP contribution in [0, 0.1) is 5.92 Å². The molecule has 0 nitrogen and oxygen atoms in total. The molecule has 0 bridgehead atoms. The van der Waals surface area contributed by atoms with Gasteiger partial charge in [0.05, 0.1) is 0 Å². The maximum atomic E-state index is 6.91. The molecule has 0 aromatic carbocycles. The second kappa shape index (κ2) is 21.1. The van der Waals surface area contributed by atoms with E-state index in [2.05, 4.69) is 20.8 Å². The van der Waals surface area contributed by atoms with Gasteiger partial charge < -0.3 is 0 Å². The Morgan fingerprint density at radius 2 is 0.643 bits per heavy atom. The highest BCUT2D eigenvalue weighted by atomic mass is 35.5. The molecule has 0 aliphatic heterocycles. The molecule has 0 rings (SSSR count).